The number of hydrogen-bond donors (Lipinski definition) is 2. The van der Waals surface area contributed by atoms with Crippen LogP contribution >= 0.6 is 0 Å². The molecule has 2 heterocycles. The van der Waals surface area contributed by atoms with E-state index in [1.54, 1.807) is 13.3 Å². The molecule has 9 nitrogen and oxygen atoms in total. The number of methoxy groups -OCH3 is 1. The van der Waals surface area contributed by atoms with E-state index in [0.29, 0.717) is 19.5 Å². The Balaban J connectivity index is 1.45. The first-order valence-corrected chi connectivity index (χ1v) is 9.47. The number of nitrogens with zero attached hydrogens (tertiary/aromatic N) is 3. The number of carbonyl (C=O) groups is 3. The van der Waals surface area contributed by atoms with Crippen molar-refractivity contribution in [2.75, 3.05) is 20.2 Å². The molecule has 1 atom stereocenters. The van der Waals surface area contributed by atoms with Crippen molar-refractivity contribution >= 4 is 17.8 Å². The number of urea groups is 1. The van der Waals surface area contributed by atoms with Gasteiger partial charge in [0.05, 0.1) is 13.5 Å². The number of rotatable bonds is 9. The minimum absolute atomic E-state index is 0.0769. The van der Waals surface area contributed by atoms with Crippen molar-refractivity contribution in [3.63, 3.8) is 0 Å². The van der Waals surface area contributed by atoms with Crippen LogP contribution in [-0.2, 0) is 22.6 Å². The zero-order valence-corrected chi connectivity index (χ0v) is 16.6. The average Bonchev–Trinajstić information content (AvgIpc) is 3.23. The number of ether oxygens (including phenoxy) is 1. The fourth-order valence-electron chi connectivity index (χ4n) is 3.17. The highest BCUT2D eigenvalue weighted by Gasteiger charge is 2.38. The van der Waals surface area contributed by atoms with Crippen LogP contribution in [0.2, 0.25) is 0 Å². The van der Waals surface area contributed by atoms with Crippen LogP contribution in [0.25, 0.3) is 0 Å². The Morgan fingerprint density at radius 3 is 2.66 bits per heavy atom. The van der Waals surface area contributed by atoms with E-state index in [9.17, 15) is 14.4 Å². The molecule has 29 heavy (non-hydrogen) atoms. The topological polar surface area (TPSA) is 106 Å². The van der Waals surface area contributed by atoms with Gasteiger partial charge in [-0.3, -0.25) is 14.5 Å². The molecule has 0 saturated carbocycles. The van der Waals surface area contributed by atoms with Gasteiger partial charge < -0.3 is 19.9 Å². The molecule has 0 spiro atoms. The standard InChI is InChI=1S/C20H25N5O4/c1-14-21-8-11-24(14)12-9-22-18(26)13-17-19(27)25(20(28)23-17)10-7-15-3-5-16(29-2)6-4-15/h3-6,8,11,17H,7,9-10,12-13H2,1-2H3,(H,22,26)(H,23,28). The van der Waals surface area contributed by atoms with Gasteiger partial charge in [0, 0.05) is 32.0 Å². The van der Waals surface area contributed by atoms with Gasteiger partial charge in [0.2, 0.25) is 5.91 Å². The second kappa shape index (κ2) is 9.22. The van der Waals surface area contributed by atoms with Gasteiger partial charge in [0.1, 0.15) is 17.6 Å². The molecule has 1 saturated heterocycles. The van der Waals surface area contributed by atoms with Crippen molar-refractivity contribution in [3.05, 3.63) is 48.0 Å². The Hall–Kier alpha value is -3.36. The maximum atomic E-state index is 12.5. The first kappa shape index (κ1) is 20.4. The van der Waals surface area contributed by atoms with Crippen molar-refractivity contribution in [2.24, 2.45) is 0 Å². The molecule has 9 heteroatoms. The smallest absolute Gasteiger partial charge is 0.324 e. The van der Waals surface area contributed by atoms with Crippen LogP contribution in [0.3, 0.4) is 0 Å². The molecule has 1 fully saturated rings. The van der Waals surface area contributed by atoms with Gasteiger partial charge in [0.15, 0.2) is 0 Å². The number of hydrogen-bond acceptors (Lipinski definition) is 5. The summed E-state index contributed by atoms with van der Waals surface area (Å²) in [5, 5.41) is 5.37. The van der Waals surface area contributed by atoms with Gasteiger partial charge in [-0.1, -0.05) is 12.1 Å². The summed E-state index contributed by atoms with van der Waals surface area (Å²) in [6.07, 6.45) is 3.99. The summed E-state index contributed by atoms with van der Waals surface area (Å²) < 4.78 is 7.04. The molecule has 4 amide bonds. The van der Waals surface area contributed by atoms with Crippen molar-refractivity contribution in [2.45, 2.75) is 32.4 Å². The first-order valence-electron chi connectivity index (χ1n) is 9.47. The quantitative estimate of drug-likeness (QED) is 0.609. The molecule has 3 rings (SSSR count). The Morgan fingerprint density at radius 2 is 2.00 bits per heavy atom. The Morgan fingerprint density at radius 1 is 1.24 bits per heavy atom. The largest absolute Gasteiger partial charge is 0.497 e. The molecule has 154 valence electrons. The van der Waals surface area contributed by atoms with Crippen LogP contribution in [0, 0.1) is 6.92 Å². The maximum Gasteiger partial charge on any atom is 0.324 e. The third kappa shape index (κ3) is 5.13. The molecule has 1 aliphatic heterocycles. The lowest BCUT2D eigenvalue weighted by Crippen LogP contribution is -2.37. The van der Waals surface area contributed by atoms with E-state index in [1.807, 2.05) is 42.0 Å². The number of benzene rings is 1. The number of aryl methyl sites for hydroxylation is 1. The maximum absolute atomic E-state index is 12.5. The number of aromatic nitrogens is 2. The molecule has 0 radical (unpaired) electrons. The Kier molecular flexibility index (Phi) is 6.48. The molecular weight excluding hydrogens is 374 g/mol. The summed E-state index contributed by atoms with van der Waals surface area (Å²) in [7, 11) is 1.59. The van der Waals surface area contributed by atoms with E-state index in [0.717, 1.165) is 22.0 Å². The Labute approximate surface area is 169 Å². The molecule has 1 aliphatic rings. The summed E-state index contributed by atoms with van der Waals surface area (Å²) in [5.74, 6) is 0.963. The van der Waals surface area contributed by atoms with Crippen LogP contribution in [0.1, 0.15) is 17.8 Å². The molecule has 0 bridgehead atoms. The van der Waals surface area contributed by atoms with Crippen molar-refractivity contribution in [1.82, 2.24) is 25.1 Å². The van der Waals surface area contributed by atoms with E-state index in [2.05, 4.69) is 15.6 Å². The van der Waals surface area contributed by atoms with Crippen molar-refractivity contribution in [3.8, 4) is 5.75 Å². The highest BCUT2D eigenvalue weighted by atomic mass is 16.5. The fourth-order valence-corrected chi connectivity index (χ4v) is 3.17. The third-order valence-electron chi connectivity index (χ3n) is 4.88. The van der Waals surface area contributed by atoms with Gasteiger partial charge in [-0.15, -0.1) is 0 Å². The SMILES string of the molecule is COc1ccc(CCN2C(=O)NC(CC(=O)NCCn3ccnc3C)C2=O)cc1. The summed E-state index contributed by atoms with van der Waals surface area (Å²) in [6, 6.07) is 6.16. The highest BCUT2D eigenvalue weighted by molar-refractivity contribution is 6.05. The second-order valence-corrected chi connectivity index (χ2v) is 6.81. The molecule has 2 aromatic rings. The highest BCUT2D eigenvalue weighted by Crippen LogP contribution is 2.14. The minimum Gasteiger partial charge on any atom is -0.497 e. The van der Waals surface area contributed by atoms with E-state index >= 15 is 0 Å². The minimum atomic E-state index is -0.826. The van der Waals surface area contributed by atoms with E-state index in [4.69, 9.17) is 4.74 Å². The summed E-state index contributed by atoms with van der Waals surface area (Å²) >= 11 is 0. The van der Waals surface area contributed by atoms with Crippen LogP contribution in [-0.4, -0.2) is 58.5 Å². The van der Waals surface area contributed by atoms with Gasteiger partial charge in [0.25, 0.3) is 5.91 Å². The number of carbonyl (C=O) groups excluding carboxylic acids is 3. The Bertz CT molecular complexity index is 877. The second-order valence-electron chi connectivity index (χ2n) is 6.81. The number of nitrogens with one attached hydrogen (secondary N) is 2. The average molecular weight is 399 g/mol. The lowest BCUT2D eigenvalue weighted by atomic mass is 10.1. The molecular formula is C20H25N5O4. The lowest BCUT2D eigenvalue weighted by Gasteiger charge is -2.13. The van der Waals surface area contributed by atoms with E-state index in [1.165, 1.54) is 0 Å². The van der Waals surface area contributed by atoms with Crippen LogP contribution in [0.5, 0.6) is 5.75 Å². The predicted molar refractivity (Wildman–Crippen MR) is 105 cm³/mol. The zero-order valence-electron chi connectivity index (χ0n) is 16.6. The van der Waals surface area contributed by atoms with Gasteiger partial charge in [-0.2, -0.15) is 0 Å². The predicted octanol–water partition coefficient (Wildman–Crippen LogP) is 0.870. The number of imide groups is 1. The van der Waals surface area contributed by atoms with Crippen LogP contribution in [0.15, 0.2) is 36.7 Å². The lowest BCUT2D eigenvalue weighted by molar-refractivity contribution is -0.130. The molecule has 0 aliphatic carbocycles. The van der Waals surface area contributed by atoms with Gasteiger partial charge in [-0.05, 0) is 31.0 Å². The van der Waals surface area contributed by atoms with E-state index in [-0.39, 0.29) is 24.8 Å². The monoisotopic (exact) mass is 399 g/mol. The molecule has 1 unspecified atom stereocenters. The normalized spacial score (nSPS) is 16.1. The third-order valence-corrected chi connectivity index (χ3v) is 4.88. The number of imidazole rings is 1. The van der Waals surface area contributed by atoms with Crippen molar-refractivity contribution < 1.29 is 19.1 Å². The number of amides is 4. The first-order chi connectivity index (χ1) is 14.0. The molecule has 1 aromatic heterocycles. The van der Waals surface area contributed by atoms with Gasteiger partial charge >= 0.3 is 6.03 Å². The summed E-state index contributed by atoms with van der Waals surface area (Å²) in [4.78, 5) is 42.1. The zero-order chi connectivity index (χ0) is 20.8. The molecule has 2 N–H and O–H groups in total. The van der Waals surface area contributed by atoms with Crippen LogP contribution < -0.4 is 15.4 Å². The van der Waals surface area contributed by atoms with Crippen LogP contribution in [0.4, 0.5) is 4.79 Å². The summed E-state index contributed by atoms with van der Waals surface area (Å²) in [6.45, 7) is 3.16. The molecule has 1 aromatic carbocycles. The van der Waals surface area contributed by atoms with E-state index < -0.39 is 12.1 Å². The van der Waals surface area contributed by atoms with Crippen molar-refractivity contribution in [1.29, 1.82) is 0 Å². The summed E-state index contributed by atoms with van der Waals surface area (Å²) in [5.41, 5.74) is 0.988. The fraction of sp³-hybridized carbons (Fsp3) is 0.400. The van der Waals surface area contributed by atoms with Gasteiger partial charge in [-0.25, -0.2) is 9.78 Å².